The van der Waals surface area contributed by atoms with Gasteiger partial charge in [-0.3, -0.25) is 14.5 Å². The van der Waals surface area contributed by atoms with Gasteiger partial charge in [-0.25, -0.2) is 0 Å². The van der Waals surface area contributed by atoms with Crippen LogP contribution in [0.1, 0.15) is 64.7 Å². The molecular formula is C32H49ClN4O3. The Kier molecular flexibility index (Phi) is 12.2. The van der Waals surface area contributed by atoms with E-state index in [-0.39, 0.29) is 35.7 Å². The number of piperazine rings is 1. The molecule has 3 unspecified atom stereocenters. The minimum atomic E-state index is -0.397. The van der Waals surface area contributed by atoms with Crippen molar-refractivity contribution in [3.05, 3.63) is 41.4 Å². The van der Waals surface area contributed by atoms with E-state index in [0.29, 0.717) is 13.2 Å². The number of unbranched alkanes of at least 4 members (excludes halogenated alkanes) is 7. The van der Waals surface area contributed by atoms with E-state index in [0.717, 1.165) is 56.3 Å². The molecule has 3 N–H and O–H groups in total. The summed E-state index contributed by atoms with van der Waals surface area (Å²) in [5.41, 5.74) is 6.86. The van der Waals surface area contributed by atoms with Crippen molar-refractivity contribution in [3.63, 3.8) is 0 Å². The highest BCUT2D eigenvalue weighted by Crippen LogP contribution is 2.47. The second-order valence-corrected chi connectivity index (χ2v) is 12.3. The maximum atomic E-state index is 13.3. The van der Waals surface area contributed by atoms with Gasteiger partial charge in [0, 0.05) is 56.6 Å². The number of nitrogens with one attached hydrogen (secondary N) is 1. The first-order valence-corrected chi connectivity index (χ1v) is 15.9. The lowest BCUT2D eigenvalue weighted by Gasteiger charge is -2.37. The first-order valence-electron chi connectivity index (χ1n) is 15.6. The lowest BCUT2D eigenvalue weighted by atomic mass is 9.82. The minimum absolute atomic E-state index is 0.0629. The van der Waals surface area contributed by atoms with Gasteiger partial charge in [0.1, 0.15) is 0 Å². The Labute approximate surface area is 245 Å². The maximum absolute atomic E-state index is 13.3. The molecule has 5 atom stereocenters. The van der Waals surface area contributed by atoms with Crippen LogP contribution in [0.2, 0.25) is 5.02 Å². The lowest BCUT2D eigenvalue weighted by Crippen LogP contribution is -2.51. The zero-order valence-corrected chi connectivity index (χ0v) is 25.0. The topological polar surface area (TPSA) is 87.9 Å². The highest BCUT2D eigenvalue weighted by Gasteiger charge is 2.50. The Morgan fingerprint density at radius 2 is 1.68 bits per heavy atom. The molecule has 7 nitrogen and oxygen atoms in total. The molecule has 1 saturated carbocycles. The molecule has 1 aromatic rings. The molecule has 8 heteroatoms. The zero-order valence-electron chi connectivity index (χ0n) is 24.2. The van der Waals surface area contributed by atoms with Crippen molar-refractivity contribution in [1.29, 1.82) is 0 Å². The van der Waals surface area contributed by atoms with E-state index in [1.807, 2.05) is 18.2 Å². The molecule has 40 heavy (non-hydrogen) atoms. The molecule has 0 spiro atoms. The normalized spacial score (nSPS) is 24.9. The predicted molar refractivity (Wildman–Crippen MR) is 162 cm³/mol. The number of hydrogen-bond donors (Lipinski definition) is 2. The lowest BCUT2D eigenvalue weighted by molar-refractivity contribution is -0.134. The number of fused-ring (bicyclic) bond motifs is 2. The highest BCUT2D eigenvalue weighted by molar-refractivity contribution is 6.30. The van der Waals surface area contributed by atoms with E-state index >= 15 is 0 Å². The van der Waals surface area contributed by atoms with Crippen LogP contribution < -0.4 is 16.0 Å². The Morgan fingerprint density at radius 1 is 1.00 bits per heavy atom. The molecule has 0 aromatic heterocycles. The minimum Gasteiger partial charge on any atom is -0.375 e. The number of ether oxygens (including phenoxy) is 1. The molecule has 222 valence electrons. The highest BCUT2D eigenvalue weighted by atomic mass is 35.5. The van der Waals surface area contributed by atoms with E-state index in [1.54, 1.807) is 0 Å². The van der Waals surface area contributed by atoms with Crippen molar-refractivity contribution in [2.24, 2.45) is 29.4 Å². The average Bonchev–Trinajstić information content (AvgIpc) is 3.57. The van der Waals surface area contributed by atoms with Crippen LogP contribution in [0.25, 0.3) is 0 Å². The second kappa shape index (κ2) is 15.8. The van der Waals surface area contributed by atoms with Crippen molar-refractivity contribution in [1.82, 2.24) is 10.2 Å². The van der Waals surface area contributed by atoms with Crippen LogP contribution in [0.5, 0.6) is 0 Å². The van der Waals surface area contributed by atoms with Gasteiger partial charge < -0.3 is 20.7 Å². The number of carbonyl (C=O) groups excluding carboxylic acids is 2. The summed E-state index contributed by atoms with van der Waals surface area (Å²) in [4.78, 5) is 30.2. The van der Waals surface area contributed by atoms with E-state index in [9.17, 15) is 9.59 Å². The van der Waals surface area contributed by atoms with E-state index in [4.69, 9.17) is 22.1 Å². The summed E-state index contributed by atoms with van der Waals surface area (Å²) >= 11 is 6.21. The van der Waals surface area contributed by atoms with Crippen molar-refractivity contribution in [2.75, 3.05) is 50.8 Å². The van der Waals surface area contributed by atoms with Crippen LogP contribution in [-0.4, -0.2) is 68.7 Å². The first kappa shape index (κ1) is 30.9. The number of amides is 2. The number of nitrogens with two attached hydrogens (primary N) is 1. The summed E-state index contributed by atoms with van der Waals surface area (Å²) in [7, 11) is 0. The number of hydrogen-bond acceptors (Lipinski definition) is 5. The SMILES string of the molecule is CCCCCCCCCCOC(CNC(=O)C1C(C(N)=O)[C@@H]2C=C[C@H]1C2)CN1CCN(c2cccc(Cl)c2)CC1. The summed E-state index contributed by atoms with van der Waals surface area (Å²) in [6.07, 6.45) is 15.0. The Hall–Kier alpha value is -2.09. The van der Waals surface area contributed by atoms with Crippen molar-refractivity contribution in [3.8, 4) is 0 Å². The van der Waals surface area contributed by atoms with Gasteiger partial charge in [0.05, 0.1) is 17.9 Å². The average molecular weight is 573 g/mol. The van der Waals surface area contributed by atoms with Crippen molar-refractivity contribution in [2.45, 2.75) is 70.8 Å². The van der Waals surface area contributed by atoms with Gasteiger partial charge in [-0.2, -0.15) is 0 Å². The van der Waals surface area contributed by atoms with Gasteiger partial charge in [-0.1, -0.05) is 81.7 Å². The molecule has 4 rings (SSSR count). The van der Waals surface area contributed by atoms with Crippen LogP contribution in [0.15, 0.2) is 36.4 Å². The third-order valence-electron chi connectivity index (χ3n) is 8.95. The number of benzene rings is 1. The molecule has 2 bridgehead atoms. The van der Waals surface area contributed by atoms with Crippen LogP contribution in [0.3, 0.4) is 0 Å². The number of carbonyl (C=O) groups is 2. The molecular weight excluding hydrogens is 524 g/mol. The fourth-order valence-corrected chi connectivity index (χ4v) is 6.90. The Morgan fingerprint density at radius 3 is 2.35 bits per heavy atom. The number of allylic oxidation sites excluding steroid dienone is 2. The number of nitrogens with zero attached hydrogens (tertiary/aromatic N) is 2. The predicted octanol–water partition coefficient (Wildman–Crippen LogP) is 5.03. The zero-order chi connectivity index (χ0) is 28.3. The Bertz CT molecular complexity index is 981. The van der Waals surface area contributed by atoms with E-state index in [1.165, 1.54) is 44.9 Å². The van der Waals surface area contributed by atoms with Crippen LogP contribution in [0.4, 0.5) is 5.69 Å². The summed E-state index contributed by atoms with van der Waals surface area (Å²) in [6, 6.07) is 8.03. The molecule has 1 saturated heterocycles. The van der Waals surface area contributed by atoms with Gasteiger partial charge in [-0.15, -0.1) is 0 Å². The van der Waals surface area contributed by atoms with Gasteiger partial charge in [-0.05, 0) is 42.9 Å². The molecule has 1 heterocycles. The summed E-state index contributed by atoms with van der Waals surface area (Å²) in [6.45, 7) is 7.89. The van der Waals surface area contributed by atoms with Crippen LogP contribution in [-0.2, 0) is 14.3 Å². The third kappa shape index (κ3) is 8.70. The van der Waals surface area contributed by atoms with Crippen LogP contribution >= 0.6 is 11.6 Å². The summed E-state index contributed by atoms with van der Waals surface area (Å²) in [5, 5.41) is 3.91. The quantitative estimate of drug-likeness (QED) is 0.202. The number of primary amides is 1. The molecule has 2 fully saturated rings. The van der Waals surface area contributed by atoms with E-state index in [2.05, 4.69) is 40.3 Å². The van der Waals surface area contributed by atoms with Gasteiger partial charge in [0.15, 0.2) is 0 Å². The van der Waals surface area contributed by atoms with Crippen molar-refractivity contribution >= 4 is 29.1 Å². The Balaban J connectivity index is 1.25. The summed E-state index contributed by atoms with van der Waals surface area (Å²) < 4.78 is 6.37. The number of halogens is 1. The fraction of sp³-hybridized carbons (Fsp3) is 0.688. The standard InChI is InChI=1S/C32H49ClN4O3/c1-2-3-4-5-6-7-8-9-19-40-28(22-35-32(39)30-25-14-13-24(20-25)29(30)31(34)38)23-36-15-17-37(18-16-36)27-12-10-11-26(33)21-27/h10-14,21,24-25,28-30H,2-9,15-20,22-23H2,1H3,(H2,34,38)(H,35,39)/t24-,25+,28?,29?,30?/m1/s1. The number of anilines is 1. The monoisotopic (exact) mass is 572 g/mol. The van der Waals surface area contributed by atoms with E-state index < -0.39 is 5.92 Å². The third-order valence-corrected chi connectivity index (χ3v) is 9.19. The number of rotatable bonds is 17. The van der Waals surface area contributed by atoms with Gasteiger partial charge in [0.25, 0.3) is 0 Å². The molecule has 0 radical (unpaired) electrons. The molecule has 2 amide bonds. The molecule has 2 aliphatic carbocycles. The van der Waals surface area contributed by atoms with Crippen LogP contribution in [0, 0.1) is 23.7 Å². The molecule has 1 aliphatic heterocycles. The first-order chi connectivity index (χ1) is 19.5. The van der Waals surface area contributed by atoms with Gasteiger partial charge in [0.2, 0.25) is 11.8 Å². The molecule has 1 aromatic carbocycles. The maximum Gasteiger partial charge on any atom is 0.224 e. The van der Waals surface area contributed by atoms with Crippen molar-refractivity contribution < 1.29 is 14.3 Å². The smallest absolute Gasteiger partial charge is 0.224 e. The molecule has 3 aliphatic rings. The fourth-order valence-electron chi connectivity index (χ4n) is 6.71. The summed E-state index contributed by atoms with van der Waals surface area (Å²) in [5.74, 6) is -0.973. The largest absolute Gasteiger partial charge is 0.375 e. The second-order valence-electron chi connectivity index (χ2n) is 11.9. The van der Waals surface area contributed by atoms with Gasteiger partial charge >= 0.3 is 0 Å².